The van der Waals surface area contributed by atoms with E-state index in [0.717, 1.165) is 29.9 Å². The predicted octanol–water partition coefficient (Wildman–Crippen LogP) is 4.68. The van der Waals surface area contributed by atoms with E-state index < -0.39 is 23.2 Å². The van der Waals surface area contributed by atoms with Crippen molar-refractivity contribution in [2.75, 3.05) is 5.32 Å². The standard InChI is InChI=1S/C15H15F2NO2S/c1-2-4-12(13-5-3-6-21-13)18-14-10(16)7-9(15(19)20)8-11(14)17/h3,5-8,12,18H,2,4H2,1H3,(H,19,20). The molecule has 2 aromatic rings. The van der Waals surface area contributed by atoms with Gasteiger partial charge in [0, 0.05) is 4.88 Å². The number of halogens is 2. The van der Waals surface area contributed by atoms with Gasteiger partial charge in [-0.25, -0.2) is 13.6 Å². The van der Waals surface area contributed by atoms with E-state index in [4.69, 9.17) is 5.11 Å². The lowest BCUT2D eigenvalue weighted by molar-refractivity contribution is 0.0696. The number of anilines is 1. The third-order valence-corrected chi connectivity index (χ3v) is 4.06. The van der Waals surface area contributed by atoms with Gasteiger partial charge >= 0.3 is 5.97 Å². The minimum absolute atomic E-state index is 0.199. The van der Waals surface area contributed by atoms with Crippen LogP contribution in [0.3, 0.4) is 0 Å². The highest BCUT2D eigenvalue weighted by atomic mass is 32.1. The van der Waals surface area contributed by atoms with Gasteiger partial charge in [0.25, 0.3) is 0 Å². The summed E-state index contributed by atoms with van der Waals surface area (Å²) in [6.07, 6.45) is 1.58. The van der Waals surface area contributed by atoms with Crippen molar-refractivity contribution in [2.45, 2.75) is 25.8 Å². The van der Waals surface area contributed by atoms with E-state index in [9.17, 15) is 13.6 Å². The summed E-state index contributed by atoms with van der Waals surface area (Å²) >= 11 is 1.51. The van der Waals surface area contributed by atoms with Gasteiger partial charge in [0.15, 0.2) is 0 Å². The number of carboxylic acids is 1. The van der Waals surface area contributed by atoms with Gasteiger partial charge in [-0.1, -0.05) is 19.4 Å². The Morgan fingerprint density at radius 1 is 1.38 bits per heavy atom. The van der Waals surface area contributed by atoms with Gasteiger partial charge in [-0.3, -0.25) is 0 Å². The molecular weight excluding hydrogens is 296 g/mol. The SMILES string of the molecule is CCCC(Nc1c(F)cc(C(=O)O)cc1F)c1cccs1. The van der Waals surface area contributed by atoms with Crippen molar-refractivity contribution in [3.05, 3.63) is 51.7 Å². The lowest BCUT2D eigenvalue weighted by Gasteiger charge is -2.19. The highest BCUT2D eigenvalue weighted by Gasteiger charge is 2.19. The number of carboxylic acid groups (broad SMARTS) is 1. The summed E-state index contributed by atoms with van der Waals surface area (Å²) in [7, 11) is 0. The molecule has 1 aromatic carbocycles. The molecule has 0 spiro atoms. The van der Waals surface area contributed by atoms with Crippen molar-refractivity contribution in [1.82, 2.24) is 0 Å². The third kappa shape index (κ3) is 3.58. The van der Waals surface area contributed by atoms with Crippen LogP contribution in [0, 0.1) is 11.6 Å². The van der Waals surface area contributed by atoms with Crippen LogP contribution in [-0.2, 0) is 0 Å². The van der Waals surface area contributed by atoms with Crippen LogP contribution in [0.4, 0.5) is 14.5 Å². The Kier molecular flexibility index (Phi) is 4.90. The second-order valence-corrected chi connectivity index (χ2v) is 5.60. The molecule has 0 radical (unpaired) electrons. The molecule has 112 valence electrons. The number of nitrogens with one attached hydrogen (secondary N) is 1. The molecule has 0 aliphatic rings. The van der Waals surface area contributed by atoms with Gasteiger partial charge in [0.05, 0.1) is 11.6 Å². The first-order valence-electron chi connectivity index (χ1n) is 6.55. The van der Waals surface area contributed by atoms with E-state index in [1.54, 1.807) is 0 Å². The summed E-state index contributed by atoms with van der Waals surface area (Å²) in [5, 5.41) is 13.5. The minimum Gasteiger partial charge on any atom is -0.478 e. The lowest BCUT2D eigenvalue weighted by Crippen LogP contribution is -2.12. The average molecular weight is 311 g/mol. The predicted molar refractivity (Wildman–Crippen MR) is 78.9 cm³/mol. The van der Waals surface area contributed by atoms with Crippen molar-refractivity contribution in [3.8, 4) is 0 Å². The molecule has 0 saturated carbocycles. The molecule has 0 bridgehead atoms. The van der Waals surface area contributed by atoms with Crippen molar-refractivity contribution in [3.63, 3.8) is 0 Å². The van der Waals surface area contributed by atoms with Crippen LogP contribution in [0.1, 0.15) is 41.0 Å². The fourth-order valence-corrected chi connectivity index (χ4v) is 2.88. The molecule has 0 saturated heterocycles. The van der Waals surface area contributed by atoms with E-state index in [1.165, 1.54) is 11.3 Å². The second-order valence-electron chi connectivity index (χ2n) is 4.62. The van der Waals surface area contributed by atoms with Crippen LogP contribution in [0.25, 0.3) is 0 Å². The number of rotatable bonds is 6. The minimum atomic E-state index is -1.36. The summed E-state index contributed by atoms with van der Waals surface area (Å²) in [5.74, 6) is -3.15. The van der Waals surface area contributed by atoms with Crippen LogP contribution < -0.4 is 5.32 Å². The van der Waals surface area contributed by atoms with E-state index in [1.807, 2.05) is 24.4 Å². The molecule has 2 rings (SSSR count). The first-order valence-corrected chi connectivity index (χ1v) is 7.43. The summed E-state index contributed by atoms with van der Waals surface area (Å²) in [6.45, 7) is 1.99. The molecule has 3 nitrogen and oxygen atoms in total. The number of hydrogen-bond donors (Lipinski definition) is 2. The fourth-order valence-electron chi connectivity index (χ4n) is 2.07. The first kappa shape index (κ1) is 15.4. The highest BCUT2D eigenvalue weighted by Crippen LogP contribution is 2.30. The molecule has 1 atom stereocenters. The number of hydrogen-bond acceptors (Lipinski definition) is 3. The van der Waals surface area contributed by atoms with Crippen molar-refractivity contribution >= 4 is 23.0 Å². The Bertz CT molecular complexity index is 606. The van der Waals surface area contributed by atoms with Gasteiger partial charge in [-0.2, -0.15) is 0 Å². The smallest absolute Gasteiger partial charge is 0.335 e. The molecule has 0 aliphatic heterocycles. The molecule has 6 heteroatoms. The Morgan fingerprint density at radius 2 is 2.05 bits per heavy atom. The Morgan fingerprint density at radius 3 is 2.52 bits per heavy atom. The van der Waals surface area contributed by atoms with Crippen LogP contribution in [0.5, 0.6) is 0 Å². The Hall–Kier alpha value is -1.95. The summed E-state index contributed by atoms with van der Waals surface area (Å²) < 4.78 is 27.9. The van der Waals surface area contributed by atoms with Crippen LogP contribution in [0.2, 0.25) is 0 Å². The first-order chi connectivity index (χ1) is 10.0. The zero-order valence-electron chi connectivity index (χ0n) is 11.4. The topological polar surface area (TPSA) is 49.3 Å². The molecule has 1 heterocycles. The zero-order valence-corrected chi connectivity index (χ0v) is 12.2. The van der Waals surface area contributed by atoms with Crippen LogP contribution in [-0.4, -0.2) is 11.1 Å². The molecule has 1 unspecified atom stereocenters. The summed E-state index contributed by atoms with van der Waals surface area (Å²) in [5.41, 5.74) is -0.689. The van der Waals surface area contributed by atoms with Crippen molar-refractivity contribution in [1.29, 1.82) is 0 Å². The molecule has 1 aromatic heterocycles. The monoisotopic (exact) mass is 311 g/mol. The van der Waals surface area contributed by atoms with E-state index in [-0.39, 0.29) is 11.7 Å². The van der Waals surface area contributed by atoms with Gasteiger partial charge in [0.1, 0.15) is 17.3 Å². The van der Waals surface area contributed by atoms with E-state index >= 15 is 0 Å². The molecule has 0 fully saturated rings. The number of aromatic carboxylic acids is 1. The number of benzene rings is 1. The maximum absolute atomic E-state index is 14.0. The fraction of sp³-hybridized carbons (Fsp3) is 0.267. The van der Waals surface area contributed by atoms with Gasteiger partial charge in [0.2, 0.25) is 0 Å². The van der Waals surface area contributed by atoms with Gasteiger partial charge < -0.3 is 10.4 Å². The quantitative estimate of drug-likeness (QED) is 0.814. The molecule has 0 aliphatic carbocycles. The lowest BCUT2D eigenvalue weighted by atomic mass is 10.1. The van der Waals surface area contributed by atoms with Crippen LogP contribution >= 0.6 is 11.3 Å². The highest BCUT2D eigenvalue weighted by molar-refractivity contribution is 7.10. The Labute approximate surface area is 125 Å². The largest absolute Gasteiger partial charge is 0.478 e. The maximum Gasteiger partial charge on any atom is 0.335 e. The second kappa shape index (κ2) is 6.67. The van der Waals surface area contributed by atoms with Gasteiger partial charge in [-0.05, 0) is 30.0 Å². The summed E-state index contributed by atoms with van der Waals surface area (Å²) in [4.78, 5) is 11.8. The third-order valence-electron chi connectivity index (χ3n) is 3.07. The molecule has 21 heavy (non-hydrogen) atoms. The zero-order chi connectivity index (χ0) is 15.4. The normalized spacial score (nSPS) is 12.1. The number of carbonyl (C=O) groups is 1. The maximum atomic E-state index is 14.0. The number of thiophene rings is 1. The van der Waals surface area contributed by atoms with E-state index in [2.05, 4.69) is 5.32 Å². The Balaban J connectivity index is 2.31. The van der Waals surface area contributed by atoms with Crippen molar-refractivity contribution in [2.24, 2.45) is 0 Å². The van der Waals surface area contributed by atoms with Gasteiger partial charge in [-0.15, -0.1) is 11.3 Å². The van der Waals surface area contributed by atoms with Crippen LogP contribution in [0.15, 0.2) is 29.6 Å². The van der Waals surface area contributed by atoms with E-state index in [0.29, 0.717) is 0 Å². The molecule has 2 N–H and O–H groups in total. The summed E-state index contributed by atoms with van der Waals surface area (Å²) in [6, 6.07) is 5.23. The average Bonchev–Trinajstić information content (AvgIpc) is 2.95. The van der Waals surface area contributed by atoms with Crippen molar-refractivity contribution < 1.29 is 18.7 Å². The molecule has 0 amide bonds. The molecular formula is C15H15F2NO2S.